The van der Waals surface area contributed by atoms with Crippen LogP contribution in [0.5, 0.6) is 0 Å². The molecule has 20 heavy (non-hydrogen) atoms. The fourth-order valence-corrected chi connectivity index (χ4v) is 2.18. The third kappa shape index (κ3) is 4.65. The molecular weight excluding hydrogens is 272 g/mol. The number of hydrogen-bond donors (Lipinski definition) is 1. The number of methoxy groups -OCH3 is 1. The highest BCUT2D eigenvalue weighted by atomic mass is 35.5. The van der Waals surface area contributed by atoms with E-state index < -0.39 is 0 Å². The van der Waals surface area contributed by atoms with Gasteiger partial charge < -0.3 is 15.0 Å². The quantitative estimate of drug-likeness (QED) is 0.741. The lowest BCUT2D eigenvalue weighted by Gasteiger charge is -2.38. The number of anilines is 1. The first kappa shape index (κ1) is 17.3. The molecule has 0 atom stereocenters. The summed E-state index contributed by atoms with van der Waals surface area (Å²) in [5, 5.41) is 4.16. The van der Waals surface area contributed by atoms with Crippen molar-refractivity contribution in [1.82, 2.24) is 5.32 Å². The zero-order valence-corrected chi connectivity index (χ0v) is 14.0. The summed E-state index contributed by atoms with van der Waals surface area (Å²) in [6.45, 7) is 9.06. The molecule has 0 unspecified atom stereocenters. The predicted molar refractivity (Wildman–Crippen MR) is 87.8 cm³/mol. The number of hydrogen-bond acceptors (Lipinski definition) is 3. The molecule has 0 spiro atoms. The first-order valence-electron chi connectivity index (χ1n) is 7.14. The normalized spacial score (nSPS) is 11.7. The maximum atomic E-state index is 6.14. The molecule has 0 aromatic heterocycles. The lowest BCUT2D eigenvalue weighted by molar-refractivity contribution is 0.199. The van der Waals surface area contributed by atoms with Gasteiger partial charge in [0.05, 0.1) is 6.61 Å². The maximum Gasteiger partial charge on any atom is 0.0587 e. The monoisotopic (exact) mass is 298 g/mol. The van der Waals surface area contributed by atoms with Crippen LogP contribution in [0.2, 0.25) is 5.02 Å². The smallest absolute Gasteiger partial charge is 0.0587 e. The third-order valence-electron chi connectivity index (χ3n) is 3.97. The second kappa shape index (κ2) is 7.87. The molecular formula is C16H27ClN2O. The Labute approximate surface area is 128 Å². The fraction of sp³-hybridized carbons (Fsp3) is 0.625. The van der Waals surface area contributed by atoms with E-state index in [4.69, 9.17) is 16.3 Å². The standard InChI is InChI=1S/C16H27ClN2O/c1-6-16(2,3)19(4)15-8-7-14(17)11-13(15)12-18-9-10-20-5/h7-8,11,18H,6,9-10,12H2,1-5H3. The lowest BCUT2D eigenvalue weighted by Crippen LogP contribution is -2.41. The number of ether oxygens (including phenoxy) is 1. The molecule has 0 amide bonds. The van der Waals surface area contributed by atoms with Crippen molar-refractivity contribution >= 4 is 17.3 Å². The van der Waals surface area contributed by atoms with Crippen molar-refractivity contribution in [3.8, 4) is 0 Å². The summed E-state index contributed by atoms with van der Waals surface area (Å²) in [7, 11) is 3.86. The van der Waals surface area contributed by atoms with Crippen molar-refractivity contribution in [2.75, 3.05) is 32.2 Å². The van der Waals surface area contributed by atoms with Crippen LogP contribution in [0.4, 0.5) is 5.69 Å². The highest BCUT2D eigenvalue weighted by molar-refractivity contribution is 6.30. The Hall–Kier alpha value is -0.770. The predicted octanol–water partition coefficient (Wildman–Crippen LogP) is 3.70. The topological polar surface area (TPSA) is 24.5 Å². The summed E-state index contributed by atoms with van der Waals surface area (Å²) < 4.78 is 5.05. The van der Waals surface area contributed by atoms with E-state index in [9.17, 15) is 0 Å². The number of rotatable bonds is 8. The first-order chi connectivity index (χ1) is 9.42. The highest BCUT2D eigenvalue weighted by Crippen LogP contribution is 2.30. The van der Waals surface area contributed by atoms with Gasteiger partial charge in [0.25, 0.3) is 0 Å². The van der Waals surface area contributed by atoms with Crippen LogP contribution in [0.1, 0.15) is 32.8 Å². The van der Waals surface area contributed by atoms with Crippen molar-refractivity contribution in [2.45, 2.75) is 39.3 Å². The molecule has 0 aliphatic heterocycles. The van der Waals surface area contributed by atoms with Gasteiger partial charge in [0.1, 0.15) is 0 Å². The lowest BCUT2D eigenvalue weighted by atomic mass is 9.98. The number of benzene rings is 1. The summed E-state index contributed by atoms with van der Waals surface area (Å²) >= 11 is 6.14. The minimum atomic E-state index is 0.120. The Morgan fingerprint density at radius 2 is 2.05 bits per heavy atom. The summed E-state index contributed by atoms with van der Waals surface area (Å²) in [5.74, 6) is 0. The SMILES string of the molecule is CCC(C)(C)N(C)c1ccc(Cl)cc1CNCCOC. The largest absolute Gasteiger partial charge is 0.383 e. The van der Waals surface area contributed by atoms with Crippen LogP contribution in [0.3, 0.4) is 0 Å². The molecule has 4 heteroatoms. The molecule has 1 rings (SSSR count). The van der Waals surface area contributed by atoms with Gasteiger partial charge in [-0.25, -0.2) is 0 Å². The molecule has 0 heterocycles. The molecule has 0 aliphatic rings. The van der Waals surface area contributed by atoms with Gasteiger partial charge in [0, 0.05) is 43.5 Å². The Balaban J connectivity index is 2.89. The zero-order chi connectivity index (χ0) is 15.2. The van der Waals surface area contributed by atoms with Crippen molar-refractivity contribution in [3.05, 3.63) is 28.8 Å². The van der Waals surface area contributed by atoms with Gasteiger partial charge in [-0.3, -0.25) is 0 Å². The number of nitrogens with zero attached hydrogens (tertiary/aromatic N) is 1. The van der Waals surface area contributed by atoms with Crippen LogP contribution in [0.15, 0.2) is 18.2 Å². The van der Waals surface area contributed by atoms with Gasteiger partial charge in [-0.1, -0.05) is 18.5 Å². The molecule has 1 N–H and O–H groups in total. The highest BCUT2D eigenvalue weighted by Gasteiger charge is 2.23. The second-order valence-corrected chi connectivity index (χ2v) is 6.10. The minimum absolute atomic E-state index is 0.120. The Bertz CT molecular complexity index is 421. The Morgan fingerprint density at radius 3 is 2.65 bits per heavy atom. The Morgan fingerprint density at radius 1 is 1.35 bits per heavy atom. The molecule has 1 aromatic carbocycles. The van der Waals surface area contributed by atoms with E-state index in [0.717, 1.165) is 24.5 Å². The van der Waals surface area contributed by atoms with Crippen LogP contribution in [0.25, 0.3) is 0 Å². The first-order valence-corrected chi connectivity index (χ1v) is 7.52. The fourth-order valence-electron chi connectivity index (χ4n) is 1.98. The van der Waals surface area contributed by atoms with Crippen molar-refractivity contribution in [3.63, 3.8) is 0 Å². The summed E-state index contributed by atoms with van der Waals surface area (Å²) in [6, 6.07) is 6.10. The van der Waals surface area contributed by atoms with Gasteiger partial charge in [-0.2, -0.15) is 0 Å². The van der Waals surface area contributed by atoms with Crippen molar-refractivity contribution in [2.24, 2.45) is 0 Å². The second-order valence-electron chi connectivity index (χ2n) is 5.67. The van der Waals surface area contributed by atoms with E-state index in [1.807, 2.05) is 12.1 Å². The van der Waals surface area contributed by atoms with Crippen LogP contribution in [-0.2, 0) is 11.3 Å². The van der Waals surface area contributed by atoms with E-state index in [2.05, 4.69) is 44.1 Å². The summed E-state index contributed by atoms with van der Waals surface area (Å²) in [5.41, 5.74) is 2.57. The molecule has 1 aromatic rings. The molecule has 0 fully saturated rings. The molecule has 3 nitrogen and oxygen atoms in total. The van der Waals surface area contributed by atoms with Gasteiger partial charge >= 0.3 is 0 Å². The van der Waals surface area contributed by atoms with E-state index >= 15 is 0 Å². The maximum absolute atomic E-state index is 6.14. The third-order valence-corrected chi connectivity index (χ3v) is 4.21. The van der Waals surface area contributed by atoms with Crippen molar-refractivity contribution < 1.29 is 4.74 Å². The van der Waals surface area contributed by atoms with E-state index in [1.54, 1.807) is 7.11 Å². The van der Waals surface area contributed by atoms with E-state index in [0.29, 0.717) is 6.61 Å². The molecule has 0 bridgehead atoms. The molecule has 0 saturated carbocycles. The van der Waals surface area contributed by atoms with Gasteiger partial charge in [-0.15, -0.1) is 0 Å². The van der Waals surface area contributed by atoms with Gasteiger partial charge in [0.15, 0.2) is 0 Å². The van der Waals surface area contributed by atoms with E-state index in [1.165, 1.54) is 11.3 Å². The van der Waals surface area contributed by atoms with Crippen LogP contribution in [-0.4, -0.2) is 32.8 Å². The number of halogens is 1. The van der Waals surface area contributed by atoms with Crippen LogP contribution >= 0.6 is 11.6 Å². The van der Waals surface area contributed by atoms with E-state index in [-0.39, 0.29) is 5.54 Å². The van der Waals surface area contributed by atoms with Crippen LogP contribution in [0, 0.1) is 0 Å². The van der Waals surface area contributed by atoms with Crippen LogP contribution < -0.4 is 10.2 Å². The minimum Gasteiger partial charge on any atom is -0.383 e. The molecule has 0 saturated heterocycles. The number of nitrogens with one attached hydrogen (secondary N) is 1. The molecule has 114 valence electrons. The molecule has 0 radical (unpaired) electrons. The average molecular weight is 299 g/mol. The Kier molecular flexibility index (Phi) is 6.80. The average Bonchev–Trinajstić information content (AvgIpc) is 2.43. The van der Waals surface area contributed by atoms with Gasteiger partial charge in [0.2, 0.25) is 0 Å². The molecule has 0 aliphatic carbocycles. The van der Waals surface area contributed by atoms with Gasteiger partial charge in [-0.05, 0) is 44.0 Å². The van der Waals surface area contributed by atoms with Crippen molar-refractivity contribution in [1.29, 1.82) is 0 Å². The summed E-state index contributed by atoms with van der Waals surface area (Å²) in [4.78, 5) is 2.33. The summed E-state index contributed by atoms with van der Waals surface area (Å²) in [6.07, 6.45) is 1.09. The zero-order valence-electron chi connectivity index (χ0n) is 13.3.